The summed E-state index contributed by atoms with van der Waals surface area (Å²) >= 11 is 0. The minimum absolute atomic E-state index is 0.118. The molecule has 4 atom stereocenters. The second-order valence-electron chi connectivity index (χ2n) is 5.10. The number of rotatable bonds is 5. The van der Waals surface area contributed by atoms with Crippen molar-refractivity contribution in [3.05, 3.63) is 0 Å². The molecular formula is C12H25NO2S. The van der Waals surface area contributed by atoms with Gasteiger partial charge in [-0.15, -0.1) is 0 Å². The standard InChI is InChI=1S/C12H25NO2S/c1-9(2)10-4-5-11(13)12(8-10)16(14)7-6-15-3/h9-12H,4-8,13H2,1-3H3. The molecule has 1 saturated carbocycles. The van der Waals surface area contributed by atoms with Crippen LogP contribution in [0.4, 0.5) is 0 Å². The van der Waals surface area contributed by atoms with E-state index in [9.17, 15) is 4.21 Å². The van der Waals surface area contributed by atoms with Crippen LogP contribution in [0.2, 0.25) is 0 Å². The van der Waals surface area contributed by atoms with Crippen molar-refractivity contribution >= 4 is 10.8 Å². The highest BCUT2D eigenvalue weighted by atomic mass is 32.2. The molecule has 0 aromatic carbocycles. The summed E-state index contributed by atoms with van der Waals surface area (Å²) in [5.41, 5.74) is 6.08. The summed E-state index contributed by atoms with van der Waals surface area (Å²) in [5, 5.41) is 0.177. The Morgan fingerprint density at radius 2 is 2.12 bits per heavy atom. The molecule has 96 valence electrons. The van der Waals surface area contributed by atoms with E-state index in [-0.39, 0.29) is 11.3 Å². The van der Waals surface area contributed by atoms with E-state index in [0.29, 0.717) is 24.2 Å². The van der Waals surface area contributed by atoms with Gasteiger partial charge < -0.3 is 10.5 Å². The van der Waals surface area contributed by atoms with Gasteiger partial charge in [0.1, 0.15) is 0 Å². The average molecular weight is 247 g/mol. The summed E-state index contributed by atoms with van der Waals surface area (Å²) in [6, 6.07) is 0.118. The topological polar surface area (TPSA) is 52.3 Å². The van der Waals surface area contributed by atoms with E-state index in [0.717, 1.165) is 12.8 Å². The van der Waals surface area contributed by atoms with Crippen molar-refractivity contribution in [2.75, 3.05) is 19.5 Å². The molecule has 0 heterocycles. The lowest BCUT2D eigenvalue weighted by Gasteiger charge is -2.35. The summed E-state index contributed by atoms with van der Waals surface area (Å²) in [6.07, 6.45) is 3.23. The first-order valence-corrected chi connectivity index (χ1v) is 7.56. The van der Waals surface area contributed by atoms with Gasteiger partial charge in [0.05, 0.1) is 11.9 Å². The molecule has 1 fully saturated rings. The van der Waals surface area contributed by atoms with Crippen molar-refractivity contribution in [3.63, 3.8) is 0 Å². The largest absolute Gasteiger partial charge is 0.384 e. The van der Waals surface area contributed by atoms with E-state index in [1.54, 1.807) is 7.11 Å². The molecule has 0 radical (unpaired) electrons. The Balaban J connectivity index is 2.52. The zero-order valence-corrected chi connectivity index (χ0v) is 11.5. The van der Waals surface area contributed by atoms with E-state index >= 15 is 0 Å². The van der Waals surface area contributed by atoms with Crippen LogP contribution in [-0.4, -0.2) is 35.0 Å². The summed E-state index contributed by atoms with van der Waals surface area (Å²) in [6.45, 7) is 5.06. The summed E-state index contributed by atoms with van der Waals surface area (Å²) < 4.78 is 17.1. The Morgan fingerprint density at radius 1 is 1.44 bits per heavy atom. The second kappa shape index (κ2) is 6.72. The molecular weight excluding hydrogens is 222 g/mol. The van der Waals surface area contributed by atoms with Crippen LogP contribution in [-0.2, 0) is 15.5 Å². The maximum Gasteiger partial charge on any atom is 0.0577 e. The van der Waals surface area contributed by atoms with E-state index in [4.69, 9.17) is 10.5 Å². The van der Waals surface area contributed by atoms with E-state index in [2.05, 4.69) is 13.8 Å². The van der Waals surface area contributed by atoms with Gasteiger partial charge in [-0.05, 0) is 31.1 Å². The van der Waals surface area contributed by atoms with Crippen molar-refractivity contribution in [2.45, 2.75) is 44.4 Å². The summed E-state index contributed by atoms with van der Waals surface area (Å²) in [7, 11) is 0.824. The van der Waals surface area contributed by atoms with Gasteiger partial charge in [-0.1, -0.05) is 13.8 Å². The lowest BCUT2D eigenvalue weighted by Crippen LogP contribution is -2.44. The lowest BCUT2D eigenvalue weighted by atomic mass is 9.79. The van der Waals surface area contributed by atoms with Crippen molar-refractivity contribution in [2.24, 2.45) is 17.6 Å². The molecule has 0 aromatic rings. The SMILES string of the molecule is COCCS(=O)C1CC(C(C)C)CCC1N. The number of ether oxygens (including phenoxy) is 1. The number of methoxy groups -OCH3 is 1. The van der Waals surface area contributed by atoms with Gasteiger partial charge in [-0.25, -0.2) is 0 Å². The van der Waals surface area contributed by atoms with Gasteiger partial charge >= 0.3 is 0 Å². The monoisotopic (exact) mass is 247 g/mol. The first-order chi connectivity index (χ1) is 7.56. The van der Waals surface area contributed by atoms with E-state index in [1.807, 2.05) is 0 Å². The predicted molar refractivity (Wildman–Crippen MR) is 68.8 cm³/mol. The highest BCUT2D eigenvalue weighted by molar-refractivity contribution is 7.85. The van der Waals surface area contributed by atoms with Crippen LogP contribution < -0.4 is 5.73 Å². The molecule has 1 aliphatic carbocycles. The third-order valence-corrected chi connectivity index (χ3v) is 5.44. The molecule has 0 amide bonds. The quantitative estimate of drug-likeness (QED) is 0.801. The smallest absolute Gasteiger partial charge is 0.0577 e. The van der Waals surface area contributed by atoms with Crippen LogP contribution in [0.1, 0.15) is 33.1 Å². The first kappa shape index (κ1) is 14.1. The highest BCUT2D eigenvalue weighted by Gasteiger charge is 2.33. The van der Waals surface area contributed by atoms with Crippen LogP contribution >= 0.6 is 0 Å². The Labute approximate surface area is 102 Å². The zero-order valence-electron chi connectivity index (χ0n) is 10.6. The molecule has 0 aliphatic heterocycles. The molecule has 16 heavy (non-hydrogen) atoms. The first-order valence-electron chi connectivity index (χ1n) is 6.18. The Bertz CT molecular complexity index is 233. The second-order valence-corrected chi connectivity index (χ2v) is 6.87. The van der Waals surface area contributed by atoms with Crippen molar-refractivity contribution in [3.8, 4) is 0 Å². The lowest BCUT2D eigenvalue weighted by molar-refractivity contribution is 0.217. The van der Waals surface area contributed by atoms with Gasteiger partial charge in [0.25, 0.3) is 0 Å². The Kier molecular flexibility index (Phi) is 5.94. The summed E-state index contributed by atoms with van der Waals surface area (Å²) in [5.74, 6) is 1.99. The fourth-order valence-electron chi connectivity index (χ4n) is 2.41. The predicted octanol–water partition coefficient (Wildman–Crippen LogP) is 1.53. The van der Waals surface area contributed by atoms with Gasteiger partial charge in [-0.3, -0.25) is 4.21 Å². The average Bonchev–Trinajstić information content (AvgIpc) is 2.26. The maximum atomic E-state index is 12.1. The number of hydrogen-bond donors (Lipinski definition) is 1. The molecule has 4 unspecified atom stereocenters. The van der Waals surface area contributed by atoms with Gasteiger partial charge in [-0.2, -0.15) is 0 Å². The van der Waals surface area contributed by atoms with Crippen molar-refractivity contribution < 1.29 is 8.95 Å². The van der Waals surface area contributed by atoms with Crippen LogP contribution in [0.3, 0.4) is 0 Å². The van der Waals surface area contributed by atoms with Gasteiger partial charge in [0.15, 0.2) is 0 Å². The third kappa shape index (κ3) is 3.82. The van der Waals surface area contributed by atoms with E-state index in [1.165, 1.54) is 6.42 Å². The molecule has 1 rings (SSSR count). The number of nitrogens with two attached hydrogens (primary N) is 1. The van der Waals surface area contributed by atoms with Crippen LogP contribution in [0.15, 0.2) is 0 Å². The molecule has 2 N–H and O–H groups in total. The molecule has 0 saturated heterocycles. The summed E-state index contributed by atoms with van der Waals surface area (Å²) in [4.78, 5) is 0. The molecule has 3 nitrogen and oxygen atoms in total. The van der Waals surface area contributed by atoms with Crippen molar-refractivity contribution in [1.82, 2.24) is 0 Å². The van der Waals surface area contributed by atoms with Gasteiger partial charge in [0, 0.05) is 29.7 Å². The van der Waals surface area contributed by atoms with E-state index < -0.39 is 10.8 Å². The molecule has 0 spiro atoms. The minimum atomic E-state index is -0.824. The van der Waals surface area contributed by atoms with Gasteiger partial charge in [0.2, 0.25) is 0 Å². The fourth-order valence-corrected chi connectivity index (χ4v) is 4.03. The highest BCUT2D eigenvalue weighted by Crippen LogP contribution is 2.31. The van der Waals surface area contributed by atoms with Crippen LogP contribution in [0.25, 0.3) is 0 Å². The Morgan fingerprint density at radius 3 is 2.69 bits per heavy atom. The molecule has 0 aromatic heterocycles. The van der Waals surface area contributed by atoms with Crippen molar-refractivity contribution in [1.29, 1.82) is 0 Å². The molecule has 0 bridgehead atoms. The van der Waals surface area contributed by atoms with Crippen LogP contribution in [0.5, 0.6) is 0 Å². The maximum absolute atomic E-state index is 12.1. The molecule has 4 heteroatoms. The normalized spacial score (nSPS) is 32.9. The Hall–Kier alpha value is 0.0700. The van der Waals surface area contributed by atoms with Crippen LogP contribution in [0, 0.1) is 11.8 Å². The number of hydrogen-bond acceptors (Lipinski definition) is 3. The minimum Gasteiger partial charge on any atom is -0.384 e. The third-order valence-electron chi connectivity index (χ3n) is 3.65. The zero-order chi connectivity index (χ0) is 12.1. The fraction of sp³-hybridized carbons (Fsp3) is 1.00. The molecule has 1 aliphatic rings.